The molecule has 168 valence electrons. The van der Waals surface area contributed by atoms with E-state index in [9.17, 15) is 23.2 Å². The number of hydrogen-bond acceptors (Lipinski definition) is 3. The standard InChI is InChI=1S/C24H15BrClF3N2O2/c25-20-7-2-1-4-16(20)14-33-22-9-8-15(11-21(22)26)10-17(13-30)23(32)31-19-6-3-5-18(12-19)24(27,28)29/h1-12H,14H2,(H,31,32)/b17-10+. The number of carbonyl (C=O) groups is 1. The van der Waals surface area contributed by atoms with Gasteiger partial charge in [0, 0.05) is 15.7 Å². The predicted molar refractivity (Wildman–Crippen MR) is 124 cm³/mol. The van der Waals surface area contributed by atoms with Crippen LogP contribution in [-0.2, 0) is 17.6 Å². The van der Waals surface area contributed by atoms with Gasteiger partial charge in [-0.15, -0.1) is 0 Å². The first kappa shape index (κ1) is 24.4. The van der Waals surface area contributed by atoms with Crippen LogP contribution in [0.5, 0.6) is 5.75 Å². The molecule has 1 amide bonds. The van der Waals surface area contributed by atoms with Gasteiger partial charge in [-0.25, -0.2) is 0 Å². The Morgan fingerprint density at radius 1 is 1.12 bits per heavy atom. The molecular weight excluding hydrogens is 521 g/mol. The zero-order valence-electron chi connectivity index (χ0n) is 16.8. The number of nitrogens with zero attached hydrogens (tertiary/aromatic N) is 1. The molecule has 3 aromatic rings. The molecule has 0 unspecified atom stereocenters. The number of alkyl halides is 3. The third-order valence-corrected chi connectivity index (χ3v) is 5.49. The summed E-state index contributed by atoms with van der Waals surface area (Å²) in [6, 6.07) is 18.2. The molecule has 0 bridgehead atoms. The van der Waals surface area contributed by atoms with E-state index in [1.54, 1.807) is 18.2 Å². The molecule has 0 heterocycles. The van der Waals surface area contributed by atoms with Crippen LogP contribution in [0.1, 0.15) is 16.7 Å². The Labute approximate surface area is 201 Å². The molecule has 0 fully saturated rings. The third-order valence-electron chi connectivity index (χ3n) is 4.42. The highest BCUT2D eigenvalue weighted by molar-refractivity contribution is 9.10. The molecule has 33 heavy (non-hydrogen) atoms. The first-order chi connectivity index (χ1) is 15.7. The smallest absolute Gasteiger partial charge is 0.416 e. The summed E-state index contributed by atoms with van der Waals surface area (Å²) >= 11 is 9.72. The molecule has 0 saturated carbocycles. The lowest BCUT2D eigenvalue weighted by molar-refractivity contribution is -0.137. The van der Waals surface area contributed by atoms with E-state index in [4.69, 9.17) is 16.3 Å². The molecular formula is C24H15BrClF3N2O2. The minimum absolute atomic E-state index is 0.0789. The van der Waals surface area contributed by atoms with Gasteiger partial charge >= 0.3 is 6.18 Å². The number of halogens is 5. The number of anilines is 1. The molecule has 0 spiro atoms. The zero-order valence-corrected chi connectivity index (χ0v) is 19.1. The summed E-state index contributed by atoms with van der Waals surface area (Å²) in [5, 5.41) is 11.9. The first-order valence-corrected chi connectivity index (χ1v) is 10.6. The number of nitrogens with one attached hydrogen (secondary N) is 1. The second kappa shape index (κ2) is 10.6. The van der Waals surface area contributed by atoms with Gasteiger partial charge in [0.1, 0.15) is 24.0 Å². The lowest BCUT2D eigenvalue weighted by atomic mass is 10.1. The van der Waals surface area contributed by atoms with Crippen molar-refractivity contribution < 1.29 is 22.7 Å². The van der Waals surface area contributed by atoms with Crippen molar-refractivity contribution in [2.45, 2.75) is 12.8 Å². The topological polar surface area (TPSA) is 62.1 Å². The molecule has 0 aromatic heterocycles. The van der Waals surface area contributed by atoms with Gasteiger partial charge in [-0.3, -0.25) is 4.79 Å². The summed E-state index contributed by atoms with van der Waals surface area (Å²) < 4.78 is 45.2. The third kappa shape index (κ3) is 6.60. The Hall–Kier alpha value is -3.28. The lowest BCUT2D eigenvalue weighted by Gasteiger charge is -2.10. The SMILES string of the molecule is N#C/C(=C\c1ccc(OCc2ccccc2Br)c(Cl)c1)C(=O)Nc1cccc(C(F)(F)F)c1. The van der Waals surface area contributed by atoms with Gasteiger partial charge in [-0.05, 0) is 48.0 Å². The Kier molecular flexibility index (Phi) is 7.79. The molecule has 0 aliphatic carbocycles. The summed E-state index contributed by atoms with van der Waals surface area (Å²) in [7, 11) is 0. The molecule has 0 aliphatic heterocycles. The first-order valence-electron chi connectivity index (χ1n) is 9.43. The van der Waals surface area contributed by atoms with Crippen molar-refractivity contribution in [3.05, 3.63) is 98.5 Å². The summed E-state index contributed by atoms with van der Waals surface area (Å²) in [5.74, 6) is -0.432. The van der Waals surface area contributed by atoms with Crippen LogP contribution >= 0.6 is 27.5 Å². The van der Waals surface area contributed by atoms with Crippen LogP contribution in [0.15, 0.2) is 76.8 Å². The highest BCUT2D eigenvalue weighted by atomic mass is 79.9. The molecule has 1 N–H and O–H groups in total. The van der Waals surface area contributed by atoms with Crippen molar-refractivity contribution >= 4 is 45.2 Å². The number of carbonyl (C=O) groups excluding carboxylic acids is 1. The average Bonchev–Trinajstić information content (AvgIpc) is 2.77. The second-order valence-electron chi connectivity index (χ2n) is 6.77. The van der Waals surface area contributed by atoms with Gasteiger partial charge in [0.05, 0.1) is 10.6 Å². The van der Waals surface area contributed by atoms with Crippen LogP contribution < -0.4 is 10.1 Å². The molecule has 9 heteroatoms. The van der Waals surface area contributed by atoms with E-state index in [1.165, 1.54) is 24.3 Å². The fourth-order valence-electron chi connectivity index (χ4n) is 2.78. The molecule has 0 aliphatic rings. The van der Waals surface area contributed by atoms with Crippen LogP contribution in [0.3, 0.4) is 0 Å². The van der Waals surface area contributed by atoms with E-state index in [0.717, 1.165) is 22.2 Å². The maximum atomic E-state index is 12.9. The Balaban J connectivity index is 1.73. The molecule has 0 atom stereocenters. The van der Waals surface area contributed by atoms with Gasteiger partial charge < -0.3 is 10.1 Å². The van der Waals surface area contributed by atoms with Gasteiger partial charge in [-0.2, -0.15) is 18.4 Å². The summed E-state index contributed by atoms with van der Waals surface area (Å²) in [5.41, 5.74) is 0.0856. The number of ether oxygens (including phenoxy) is 1. The van der Waals surface area contributed by atoms with E-state index in [-0.39, 0.29) is 22.9 Å². The summed E-state index contributed by atoms with van der Waals surface area (Å²) in [6.07, 6.45) is -3.27. The molecule has 0 radical (unpaired) electrons. The van der Waals surface area contributed by atoms with Crippen LogP contribution in [-0.4, -0.2) is 5.91 Å². The minimum Gasteiger partial charge on any atom is -0.487 e. The Bertz CT molecular complexity index is 1250. The predicted octanol–water partition coefficient (Wildman–Crippen LogP) is 7.25. The fraction of sp³-hybridized carbons (Fsp3) is 0.0833. The van der Waals surface area contributed by atoms with Crippen molar-refractivity contribution in [2.24, 2.45) is 0 Å². The second-order valence-corrected chi connectivity index (χ2v) is 8.03. The van der Waals surface area contributed by atoms with Crippen LogP contribution in [0.25, 0.3) is 6.08 Å². The minimum atomic E-state index is -4.55. The van der Waals surface area contributed by atoms with Crippen LogP contribution in [0.4, 0.5) is 18.9 Å². The van der Waals surface area contributed by atoms with Crippen LogP contribution in [0, 0.1) is 11.3 Å². The Morgan fingerprint density at radius 2 is 1.88 bits per heavy atom. The van der Waals surface area contributed by atoms with E-state index < -0.39 is 17.6 Å². The van der Waals surface area contributed by atoms with Gasteiger partial charge in [0.15, 0.2) is 0 Å². The number of amides is 1. The van der Waals surface area contributed by atoms with Crippen LogP contribution in [0.2, 0.25) is 5.02 Å². The Morgan fingerprint density at radius 3 is 2.55 bits per heavy atom. The van der Waals surface area contributed by atoms with E-state index in [2.05, 4.69) is 21.2 Å². The van der Waals surface area contributed by atoms with Crippen molar-refractivity contribution in [2.75, 3.05) is 5.32 Å². The van der Waals surface area contributed by atoms with E-state index >= 15 is 0 Å². The fourth-order valence-corrected chi connectivity index (χ4v) is 3.42. The van der Waals surface area contributed by atoms with Crippen molar-refractivity contribution in [3.8, 4) is 11.8 Å². The number of benzene rings is 3. The average molecular weight is 536 g/mol. The van der Waals surface area contributed by atoms with Crippen molar-refractivity contribution in [1.82, 2.24) is 0 Å². The normalized spacial score (nSPS) is 11.6. The molecule has 3 aromatic carbocycles. The largest absolute Gasteiger partial charge is 0.487 e. The highest BCUT2D eigenvalue weighted by Gasteiger charge is 2.30. The van der Waals surface area contributed by atoms with Gasteiger partial charge in [0.2, 0.25) is 0 Å². The molecule has 3 rings (SSSR count). The maximum Gasteiger partial charge on any atom is 0.416 e. The van der Waals surface area contributed by atoms with Crippen molar-refractivity contribution in [1.29, 1.82) is 5.26 Å². The van der Waals surface area contributed by atoms with Crippen molar-refractivity contribution in [3.63, 3.8) is 0 Å². The van der Waals surface area contributed by atoms with E-state index in [1.807, 2.05) is 24.3 Å². The quantitative estimate of drug-likeness (QED) is 0.267. The lowest BCUT2D eigenvalue weighted by Crippen LogP contribution is -2.14. The van der Waals surface area contributed by atoms with Gasteiger partial charge in [-0.1, -0.05) is 57.9 Å². The molecule has 4 nitrogen and oxygen atoms in total. The highest BCUT2D eigenvalue weighted by Crippen LogP contribution is 2.31. The monoisotopic (exact) mass is 534 g/mol. The van der Waals surface area contributed by atoms with E-state index in [0.29, 0.717) is 11.3 Å². The summed E-state index contributed by atoms with van der Waals surface area (Å²) in [6.45, 7) is 0.277. The summed E-state index contributed by atoms with van der Waals surface area (Å²) in [4.78, 5) is 12.4. The number of hydrogen-bond donors (Lipinski definition) is 1. The number of nitriles is 1. The number of rotatable bonds is 6. The molecule has 0 saturated heterocycles. The zero-order chi connectivity index (χ0) is 24.0. The van der Waals surface area contributed by atoms with Gasteiger partial charge in [0.25, 0.3) is 5.91 Å². The maximum absolute atomic E-state index is 12.9.